The van der Waals surface area contributed by atoms with Crippen LogP contribution in [0.5, 0.6) is 11.5 Å². The van der Waals surface area contributed by atoms with Crippen LogP contribution < -0.4 is 9.47 Å². The molecule has 0 aliphatic carbocycles. The van der Waals surface area contributed by atoms with Gasteiger partial charge in [-0.15, -0.1) is 0 Å². The minimum absolute atomic E-state index is 0.720. The Hall–Kier alpha value is -3.20. The summed E-state index contributed by atoms with van der Waals surface area (Å²) in [5.74, 6) is 1.45. The molecular formula is C23H21NO2. The number of methoxy groups -OCH3 is 2. The molecule has 0 radical (unpaired) electrons. The normalized spacial score (nSPS) is 10.9. The van der Waals surface area contributed by atoms with Gasteiger partial charge in [0.15, 0.2) is 11.5 Å². The molecule has 1 heterocycles. The Morgan fingerprint density at radius 2 is 1.46 bits per heavy atom. The van der Waals surface area contributed by atoms with Gasteiger partial charge in [0.25, 0.3) is 0 Å². The summed E-state index contributed by atoms with van der Waals surface area (Å²) in [6.07, 6.45) is 0. The second kappa shape index (κ2) is 6.60. The molecule has 0 aliphatic heterocycles. The second-order valence-corrected chi connectivity index (χ2v) is 6.33. The van der Waals surface area contributed by atoms with Gasteiger partial charge in [0, 0.05) is 11.5 Å². The molecule has 1 aromatic heterocycles. The SMILES string of the molecule is COc1ccc(-n2c(-c3ccc(C)cc3)cc3ccccc32)cc1OC. The summed E-state index contributed by atoms with van der Waals surface area (Å²) in [7, 11) is 3.32. The van der Waals surface area contributed by atoms with Crippen LogP contribution in [-0.4, -0.2) is 18.8 Å². The van der Waals surface area contributed by atoms with E-state index in [1.807, 2.05) is 12.1 Å². The van der Waals surface area contributed by atoms with Crippen LogP contribution >= 0.6 is 0 Å². The zero-order valence-corrected chi connectivity index (χ0v) is 15.2. The molecule has 0 saturated heterocycles. The lowest BCUT2D eigenvalue weighted by molar-refractivity contribution is 0.355. The second-order valence-electron chi connectivity index (χ2n) is 6.33. The van der Waals surface area contributed by atoms with Crippen LogP contribution in [0.2, 0.25) is 0 Å². The van der Waals surface area contributed by atoms with E-state index in [2.05, 4.69) is 72.2 Å². The molecule has 0 aliphatic rings. The summed E-state index contributed by atoms with van der Waals surface area (Å²) in [5, 5.41) is 1.21. The molecule has 0 unspecified atom stereocenters. The Morgan fingerprint density at radius 3 is 2.19 bits per heavy atom. The topological polar surface area (TPSA) is 23.4 Å². The van der Waals surface area contributed by atoms with E-state index in [0.29, 0.717) is 0 Å². The predicted molar refractivity (Wildman–Crippen MR) is 107 cm³/mol. The van der Waals surface area contributed by atoms with E-state index in [1.54, 1.807) is 14.2 Å². The maximum absolute atomic E-state index is 5.51. The molecular weight excluding hydrogens is 322 g/mol. The number of para-hydroxylation sites is 1. The zero-order chi connectivity index (χ0) is 18.1. The number of benzene rings is 3. The van der Waals surface area contributed by atoms with Crippen LogP contribution in [-0.2, 0) is 0 Å². The lowest BCUT2D eigenvalue weighted by Crippen LogP contribution is -1.99. The van der Waals surface area contributed by atoms with Gasteiger partial charge in [0.2, 0.25) is 0 Å². The molecule has 0 fully saturated rings. The number of fused-ring (bicyclic) bond motifs is 1. The number of aromatic nitrogens is 1. The molecule has 26 heavy (non-hydrogen) atoms. The number of aryl methyl sites for hydroxylation is 1. The summed E-state index contributed by atoms with van der Waals surface area (Å²) in [6.45, 7) is 2.10. The van der Waals surface area contributed by atoms with Crippen molar-refractivity contribution in [2.45, 2.75) is 6.92 Å². The van der Waals surface area contributed by atoms with Crippen molar-refractivity contribution in [3.63, 3.8) is 0 Å². The summed E-state index contributed by atoms with van der Waals surface area (Å²) in [5.41, 5.74) is 5.79. The number of hydrogen-bond donors (Lipinski definition) is 0. The molecule has 0 bridgehead atoms. The molecule has 0 atom stereocenters. The first kappa shape index (κ1) is 16.3. The Labute approximate surface area is 153 Å². The summed E-state index contributed by atoms with van der Waals surface area (Å²) < 4.78 is 13.2. The van der Waals surface area contributed by atoms with Crippen molar-refractivity contribution in [3.8, 4) is 28.4 Å². The fourth-order valence-corrected chi connectivity index (χ4v) is 3.33. The van der Waals surface area contributed by atoms with Gasteiger partial charge in [-0.1, -0.05) is 48.0 Å². The number of rotatable bonds is 4. The van der Waals surface area contributed by atoms with E-state index in [0.717, 1.165) is 28.4 Å². The fraction of sp³-hybridized carbons (Fsp3) is 0.130. The highest BCUT2D eigenvalue weighted by Gasteiger charge is 2.14. The molecule has 0 saturated carbocycles. The maximum atomic E-state index is 5.51. The highest BCUT2D eigenvalue weighted by atomic mass is 16.5. The molecule has 3 nitrogen and oxygen atoms in total. The highest BCUT2D eigenvalue weighted by molar-refractivity contribution is 5.89. The average Bonchev–Trinajstić information content (AvgIpc) is 3.07. The van der Waals surface area contributed by atoms with Crippen LogP contribution in [0.1, 0.15) is 5.56 Å². The molecule has 0 N–H and O–H groups in total. The van der Waals surface area contributed by atoms with Crippen molar-refractivity contribution < 1.29 is 9.47 Å². The van der Waals surface area contributed by atoms with Gasteiger partial charge in [-0.3, -0.25) is 0 Å². The van der Waals surface area contributed by atoms with Gasteiger partial charge in [-0.05, 0) is 36.8 Å². The van der Waals surface area contributed by atoms with E-state index in [4.69, 9.17) is 9.47 Å². The number of hydrogen-bond acceptors (Lipinski definition) is 2. The summed E-state index contributed by atoms with van der Waals surface area (Å²) >= 11 is 0. The van der Waals surface area contributed by atoms with Crippen LogP contribution in [0.4, 0.5) is 0 Å². The van der Waals surface area contributed by atoms with E-state index >= 15 is 0 Å². The first-order chi connectivity index (χ1) is 12.7. The first-order valence-corrected chi connectivity index (χ1v) is 8.61. The monoisotopic (exact) mass is 343 g/mol. The largest absolute Gasteiger partial charge is 0.493 e. The number of nitrogens with zero attached hydrogens (tertiary/aromatic N) is 1. The smallest absolute Gasteiger partial charge is 0.162 e. The van der Waals surface area contributed by atoms with Crippen molar-refractivity contribution in [1.29, 1.82) is 0 Å². The maximum Gasteiger partial charge on any atom is 0.162 e. The first-order valence-electron chi connectivity index (χ1n) is 8.61. The van der Waals surface area contributed by atoms with Crippen LogP contribution in [0.25, 0.3) is 27.8 Å². The van der Waals surface area contributed by atoms with Gasteiger partial charge < -0.3 is 14.0 Å². The highest BCUT2D eigenvalue weighted by Crippen LogP contribution is 2.35. The third-order valence-corrected chi connectivity index (χ3v) is 4.68. The third kappa shape index (κ3) is 2.72. The Morgan fingerprint density at radius 1 is 0.731 bits per heavy atom. The molecule has 0 spiro atoms. The van der Waals surface area contributed by atoms with Crippen LogP contribution in [0.3, 0.4) is 0 Å². The third-order valence-electron chi connectivity index (χ3n) is 4.68. The van der Waals surface area contributed by atoms with Gasteiger partial charge >= 0.3 is 0 Å². The summed E-state index contributed by atoms with van der Waals surface area (Å²) in [6, 6.07) is 25.3. The molecule has 0 amide bonds. The lowest BCUT2D eigenvalue weighted by atomic mass is 10.1. The number of ether oxygens (including phenoxy) is 2. The Bertz CT molecular complexity index is 1060. The Balaban J connectivity index is 1.99. The van der Waals surface area contributed by atoms with E-state index in [-0.39, 0.29) is 0 Å². The van der Waals surface area contributed by atoms with Crippen molar-refractivity contribution in [2.24, 2.45) is 0 Å². The van der Waals surface area contributed by atoms with E-state index in [1.165, 1.54) is 16.5 Å². The predicted octanol–water partition coefficient (Wildman–Crippen LogP) is 5.62. The van der Waals surface area contributed by atoms with Crippen LogP contribution in [0.15, 0.2) is 72.8 Å². The molecule has 3 aromatic carbocycles. The Kier molecular flexibility index (Phi) is 4.13. The average molecular weight is 343 g/mol. The van der Waals surface area contributed by atoms with Crippen molar-refractivity contribution in [2.75, 3.05) is 14.2 Å². The molecule has 130 valence electrons. The van der Waals surface area contributed by atoms with E-state index in [9.17, 15) is 0 Å². The minimum Gasteiger partial charge on any atom is -0.493 e. The fourth-order valence-electron chi connectivity index (χ4n) is 3.33. The van der Waals surface area contributed by atoms with E-state index < -0.39 is 0 Å². The minimum atomic E-state index is 0.720. The summed E-state index contributed by atoms with van der Waals surface area (Å²) in [4.78, 5) is 0. The van der Waals surface area contributed by atoms with Crippen molar-refractivity contribution >= 4 is 10.9 Å². The molecule has 4 rings (SSSR count). The molecule has 4 aromatic rings. The van der Waals surface area contributed by atoms with Crippen molar-refractivity contribution in [3.05, 3.63) is 78.4 Å². The standard InChI is InChI=1S/C23H21NO2/c1-16-8-10-17(11-9-16)21-14-18-6-4-5-7-20(18)24(21)19-12-13-22(25-2)23(15-19)26-3/h4-15H,1-3H3. The van der Waals surface area contributed by atoms with Gasteiger partial charge in [-0.2, -0.15) is 0 Å². The van der Waals surface area contributed by atoms with Gasteiger partial charge in [0.1, 0.15) is 0 Å². The van der Waals surface area contributed by atoms with Gasteiger partial charge in [-0.25, -0.2) is 0 Å². The molecule has 3 heteroatoms. The lowest BCUT2D eigenvalue weighted by Gasteiger charge is -2.14. The van der Waals surface area contributed by atoms with Crippen LogP contribution in [0, 0.1) is 6.92 Å². The zero-order valence-electron chi connectivity index (χ0n) is 15.2. The van der Waals surface area contributed by atoms with Gasteiger partial charge in [0.05, 0.1) is 31.1 Å². The van der Waals surface area contributed by atoms with Crippen molar-refractivity contribution in [1.82, 2.24) is 4.57 Å². The quantitative estimate of drug-likeness (QED) is 0.480.